The molecule has 0 heterocycles. The summed E-state index contributed by atoms with van der Waals surface area (Å²) in [4.78, 5) is 0. The molecule has 0 radical (unpaired) electrons. The minimum absolute atomic E-state index is 0. The molecule has 0 bridgehead atoms. The van der Waals surface area contributed by atoms with Gasteiger partial charge in [-0.25, -0.2) is 5.57 Å². The molecule has 16 heavy (non-hydrogen) atoms. The van der Waals surface area contributed by atoms with Crippen LogP contribution in [0.25, 0.3) is 0 Å². The molecule has 0 nitrogen and oxygen atoms in total. The Morgan fingerprint density at radius 3 is 1.38 bits per heavy atom. The first-order chi connectivity index (χ1) is 5.86. The first kappa shape index (κ1) is 25.1. The molecule has 1 aliphatic rings. The normalized spacial score (nSPS) is 17.5. The third-order valence-corrected chi connectivity index (χ3v) is 2.24. The fraction of sp³-hybridized carbons (Fsp3) is 0.533. The van der Waals surface area contributed by atoms with Crippen molar-refractivity contribution in [1.82, 2.24) is 0 Å². The van der Waals surface area contributed by atoms with Crippen molar-refractivity contribution in [2.24, 2.45) is 5.92 Å². The molecular weight excluding hydrogens is 228 g/mol. The molecule has 0 saturated carbocycles. The Hall–Kier alpha value is 0.194. The summed E-state index contributed by atoms with van der Waals surface area (Å²) in [6, 6.07) is 0. The van der Waals surface area contributed by atoms with Crippen molar-refractivity contribution in [2.45, 2.75) is 48.5 Å². The summed E-state index contributed by atoms with van der Waals surface area (Å²) in [7, 11) is 0. The van der Waals surface area contributed by atoms with E-state index in [2.05, 4.69) is 54.5 Å². The zero-order chi connectivity index (χ0) is 10.6. The van der Waals surface area contributed by atoms with E-state index < -0.39 is 0 Å². The van der Waals surface area contributed by atoms with Gasteiger partial charge in [0.2, 0.25) is 0 Å². The third kappa shape index (κ3) is 9.42. The molecule has 92 valence electrons. The number of allylic oxidation sites excluding steroid dienone is 4. The molecular formula is C15H28Ti. The Morgan fingerprint density at radius 1 is 1.00 bits per heavy atom. The quantitative estimate of drug-likeness (QED) is 0.410. The molecule has 0 aromatic heterocycles. The van der Waals surface area contributed by atoms with Crippen LogP contribution in [-0.2, 0) is 21.7 Å². The van der Waals surface area contributed by atoms with E-state index in [0.29, 0.717) is 5.92 Å². The minimum atomic E-state index is 0. The van der Waals surface area contributed by atoms with E-state index in [9.17, 15) is 0 Å². The summed E-state index contributed by atoms with van der Waals surface area (Å²) >= 11 is 0. The molecule has 0 aromatic carbocycles. The van der Waals surface area contributed by atoms with Gasteiger partial charge in [0.05, 0.1) is 0 Å². The summed E-state index contributed by atoms with van der Waals surface area (Å²) in [5.41, 5.74) is 4.25. The number of rotatable bonds is 0. The SMILES string of the molecule is CC1=[C-]C(C)C(C)=C1C.C[C-](C)C.[CH3-].[CH3-].[Ti+4]. The molecule has 1 aliphatic carbocycles. The molecule has 0 spiro atoms. The van der Waals surface area contributed by atoms with Crippen LogP contribution >= 0.6 is 0 Å². The van der Waals surface area contributed by atoms with Crippen molar-refractivity contribution in [2.75, 3.05) is 0 Å². The molecule has 0 amide bonds. The Labute approximate surface area is 119 Å². The van der Waals surface area contributed by atoms with Crippen LogP contribution in [0.1, 0.15) is 48.5 Å². The van der Waals surface area contributed by atoms with Gasteiger partial charge in [0.15, 0.2) is 0 Å². The van der Waals surface area contributed by atoms with Gasteiger partial charge in [-0.2, -0.15) is 31.9 Å². The van der Waals surface area contributed by atoms with Crippen LogP contribution in [0.5, 0.6) is 0 Å². The van der Waals surface area contributed by atoms with Gasteiger partial charge in [-0.3, -0.25) is 6.08 Å². The Balaban J connectivity index is -0.0000000921. The zero-order valence-electron chi connectivity index (χ0n) is 12.6. The fourth-order valence-electron chi connectivity index (χ4n) is 1.16. The van der Waals surface area contributed by atoms with E-state index in [1.54, 1.807) is 0 Å². The summed E-state index contributed by atoms with van der Waals surface area (Å²) < 4.78 is 0. The van der Waals surface area contributed by atoms with E-state index in [1.807, 2.05) is 0 Å². The second kappa shape index (κ2) is 11.7. The average Bonchev–Trinajstić information content (AvgIpc) is 2.17. The van der Waals surface area contributed by atoms with Crippen molar-refractivity contribution in [1.29, 1.82) is 0 Å². The Bertz CT molecular complexity index is 219. The van der Waals surface area contributed by atoms with Gasteiger partial charge in [-0.15, -0.1) is 6.92 Å². The molecule has 0 fully saturated rings. The second-order valence-electron chi connectivity index (χ2n) is 4.30. The average molecular weight is 256 g/mol. The molecule has 0 saturated heterocycles. The topological polar surface area (TPSA) is 0 Å². The van der Waals surface area contributed by atoms with Crippen LogP contribution in [-0.4, -0.2) is 0 Å². The second-order valence-corrected chi connectivity index (χ2v) is 4.30. The van der Waals surface area contributed by atoms with Gasteiger partial charge in [-0.05, 0) is 0 Å². The van der Waals surface area contributed by atoms with Crippen molar-refractivity contribution in [3.05, 3.63) is 43.6 Å². The summed E-state index contributed by atoms with van der Waals surface area (Å²) in [6.07, 6.45) is 3.36. The van der Waals surface area contributed by atoms with E-state index in [0.717, 1.165) is 0 Å². The zero-order valence-corrected chi connectivity index (χ0v) is 14.1. The summed E-state index contributed by atoms with van der Waals surface area (Å²) in [5, 5.41) is 0. The van der Waals surface area contributed by atoms with Crippen LogP contribution in [0, 0.1) is 32.8 Å². The number of hydrogen-bond donors (Lipinski definition) is 0. The Morgan fingerprint density at radius 2 is 1.31 bits per heavy atom. The van der Waals surface area contributed by atoms with Crippen LogP contribution in [0.2, 0.25) is 0 Å². The molecule has 1 atom stereocenters. The van der Waals surface area contributed by atoms with Crippen LogP contribution in [0.15, 0.2) is 16.7 Å². The fourth-order valence-corrected chi connectivity index (χ4v) is 1.16. The van der Waals surface area contributed by atoms with E-state index in [4.69, 9.17) is 0 Å². The van der Waals surface area contributed by atoms with Crippen LogP contribution in [0.4, 0.5) is 0 Å². The van der Waals surface area contributed by atoms with Gasteiger partial charge in [-0.1, -0.05) is 26.7 Å². The smallest absolute Gasteiger partial charge is 0.358 e. The standard InChI is InChI=1S/C9H13.C4H9.2CH3.Ti/c1-6-5-7(2)9(4)8(6)3;1-4(2)3;;;/h6H,1-4H3;1-3H3;2*1H3;/q4*-1;+4. The summed E-state index contributed by atoms with van der Waals surface area (Å²) in [5.74, 6) is 1.98. The molecule has 1 unspecified atom stereocenters. The van der Waals surface area contributed by atoms with E-state index in [1.165, 1.54) is 22.6 Å². The number of hydrogen-bond acceptors (Lipinski definition) is 0. The first-order valence-corrected chi connectivity index (χ1v) is 4.90. The largest absolute Gasteiger partial charge is 4.00 e. The molecule has 0 aromatic rings. The molecule has 1 rings (SSSR count). The minimum Gasteiger partial charge on any atom is -0.358 e. The van der Waals surface area contributed by atoms with Crippen molar-refractivity contribution in [3.8, 4) is 0 Å². The van der Waals surface area contributed by atoms with Crippen molar-refractivity contribution < 1.29 is 21.7 Å². The van der Waals surface area contributed by atoms with E-state index in [-0.39, 0.29) is 36.6 Å². The van der Waals surface area contributed by atoms with Crippen LogP contribution in [0.3, 0.4) is 0 Å². The molecule has 0 N–H and O–H groups in total. The first-order valence-electron chi connectivity index (χ1n) is 4.90. The third-order valence-electron chi connectivity index (χ3n) is 2.24. The predicted molar refractivity (Wildman–Crippen MR) is 73.1 cm³/mol. The molecule has 1 heteroatoms. The molecule has 0 aliphatic heterocycles. The van der Waals surface area contributed by atoms with Gasteiger partial charge in [0.25, 0.3) is 0 Å². The maximum atomic E-state index is 3.36. The monoisotopic (exact) mass is 256 g/mol. The van der Waals surface area contributed by atoms with Gasteiger partial charge >= 0.3 is 21.7 Å². The van der Waals surface area contributed by atoms with Gasteiger partial charge in [0, 0.05) is 0 Å². The van der Waals surface area contributed by atoms with Crippen molar-refractivity contribution in [3.63, 3.8) is 0 Å². The van der Waals surface area contributed by atoms with Crippen LogP contribution < -0.4 is 0 Å². The Kier molecular flexibility index (Phi) is 18.3. The van der Waals surface area contributed by atoms with Gasteiger partial charge in [0.1, 0.15) is 0 Å². The van der Waals surface area contributed by atoms with E-state index >= 15 is 0 Å². The summed E-state index contributed by atoms with van der Waals surface area (Å²) in [6.45, 7) is 14.9. The van der Waals surface area contributed by atoms with Crippen molar-refractivity contribution >= 4 is 0 Å². The maximum absolute atomic E-state index is 3.36. The maximum Gasteiger partial charge on any atom is 4.00 e. The predicted octanol–water partition coefficient (Wildman–Crippen LogP) is 5.24. The van der Waals surface area contributed by atoms with Gasteiger partial charge < -0.3 is 20.8 Å².